The van der Waals surface area contributed by atoms with Crippen LogP contribution in [0, 0.1) is 5.92 Å². The second kappa shape index (κ2) is 4.73. The van der Waals surface area contributed by atoms with Crippen LogP contribution < -0.4 is 10.6 Å². The van der Waals surface area contributed by atoms with Crippen LogP contribution in [-0.2, 0) is 0 Å². The normalized spacial score (nSPS) is 20.2. The molecule has 1 unspecified atom stereocenters. The van der Waals surface area contributed by atoms with Crippen molar-refractivity contribution in [2.75, 3.05) is 19.6 Å². The summed E-state index contributed by atoms with van der Waals surface area (Å²) in [7, 11) is 0. The van der Waals surface area contributed by atoms with E-state index < -0.39 is 0 Å². The fraction of sp³-hybridized carbons (Fsp3) is 1.00. The Morgan fingerprint density at radius 2 is 2.09 bits per heavy atom. The molecule has 1 rings (SSSR count). The van der Waals surface area contributed by atoms with Gasteiger partial charge in [-0.2, -0.15) is 0 Å². The Morgan fingerprint density at radius 3 is 2.64 bits per heavy atom. The number of nitrogens with one attached hydrogen (secondary N) is 2. The molecule has 11 heavy (non-hydrogen) atoms. The molecule has 66 valence electrons. The van der Waals surface area contributed by atoms with E-state index in [9.17, 15) is 0 Å². The summed E-state index contributed by atoms with van der Waals surface area (Å²) in [5.74, 6) is 0.983. The molecule has 0 saturated heterocycles. The van der Waals surface area contributed by atoms with E-state index in [0.717, 1.165) is 31.6 Å². The lowest BCUT2D eigenvalue weighted by molar-refractivity contribution is 0.489. The highest BCUT2D eigenvalue weighted by atomic mass is 15.0. The van der Waals surface area contributed by atoms with E-state index >= 15 is 0 Å². The maximum Gasteiger partial charge on any atom is 0.00793 e. The van der Waals surface area contributed by atoms with Crippen molar-refractivity contribution in [1.82, 2.24) is 10.6 Å². The van der Waals surface area contributed by atoms with Crippen LogP contribution in [0.3, 0.4) is 0 Å². The van der Waals surface area contributed by atoms with Gasteiger partial charge in [0.05, 0.1) is 0 Å². The van der Waals surface area contributed by atoms with Gasteiger partial charge in [0.1, 0.15) is 0 Å². The Bertz CT molecular complexity index is 99.7. The number of rotatable bonds is 6. The summed E-state index contributed by atoms with van der Waals surface area (Å²) >= 11 is 0. The molecule has 0 aromatic carbocycles. The summed E-state index contributed by atoms with van der Waals surface area (Å²) in [5, 5.41) is 6.82. The van der Waals surface area contributed by atoms with E-state index in [1.54, 1.807) is 0 Å². The fourth-order valence-electron chi connectivity index (χ4n) is 1.33. The molecule has 1 atom stereocenters. The minimum Gasteiger partial charge on any atom is -0.316 e. The van der Waals surface area contributed by atoms with Crippen LogP contribution in [0.25, 0.3) is 0 Å². The van der Waals surface area contributed by atoms with Crippen LogP contribution in [-0.4, -0.2) is 25.7 Å². The summed E-state index contributed by atoms with van der Waals surface area (Å²) in [4.78, 5) is 0. The second-order valence-electron chi connectivity index (χ2n) is 3.43. The van der Waals surface area contributed by atoms with Crippen molar-refractivity contribution in [2.24, 2.45) is 5.92 Å². The molecule has 0 heterocycles. The van der Waals surface area contributed by atoms with Crippen LogP contribution in [0.15, 0.2) is 0 Å². The van der Waals surface area contributed by atoms with E-state index in [-0.39, 0.29) is 0 Å². The van der Waals surface area contributed by atoms with Gasteiger partial charge in [-0.15, -0.1) is 0 Å². The zero-order chi connectivity index (χ0) is 8.10. The molecule has 2 N–H and O–H groups in total. The third kappa shape index (κ3) is 3.73. The number of likely N-dealkylation sites (N-methyl/N-ethyl adjacent to an activating group) is 1. The van der Waals surface area contributed by atoms with E-state index in [4.69, 9.17) is 0 Å². The average Bonchev–Trinajstić information content (AvgIpc) is 2.79. The first kappa shape index (κ1) is 9.01. The monoisotopic (exact) mass is 156 g/mol. The Balaban J connectivity index is 1.85. The third-order valence-electron chi connectivity index (χ3n) is 2.35. The van der Waals surface area contributed by atoms with Crippen LogP contribution in [0.5, 0.6) is 0 Å². The molecule has 0 radical (unpaired) electrons. The van der Waals surface area contributed by atoms with Gasteiger partial charge >= 0.3 is 0 Å². The Labute approximate surface area is 69.8 Å². The molecule has 1 saturated carbocycles. The molecule has 1 aliphatic carbocycles. The molecule has 0 spiro atoms. The minimum atomic E-state index is 0.744. The maximum absolute atomic E-state index is 3.52. The second-order valence-corrected chi connectivity index (χ2v) is 3.43. The Kier molecular flexibility index (Phi) is 3.87. The molecule has 0 aliphatic heterocycles. The smallest absolute Gasteiger partial charge is 0.00793 e. The first-order chi connectivity index (χ1) is 5.34. The lowest BCUT2D eigenvalue weighted by Gasteiger charge is -2.12. The molecular formula is C9H20N2. The van der Waals surface area contributed by atoms with Crippen molar-refractivity contribution in [1.29, 1.82) is 0 Å². The maximum atomic E-state index is 3.52. The first-order valence-corrected chi connectivity index (χ1v) is 4.78. The Hall–Kier alpha value is -0.0800. The standard InChI is InChI=1S/C9H20N2/c1-3-10-6-7-11-8(2)9-4-5-9/h8-11H,3-7H2,1-2H3. The van der Waals surface area contributed by atoms with Crippen LogP contribution in [0.1, 0.15) is 26.7 Å². The molecule has 1 fully saturated rings. The molecule has 0 bridgehead atoms. The predicted octanol–water partition coefficient (Wildman–Crippen LogP) is 0.984. The predicted molar refractivity (Wildman–Crippen MR) is 48.7 cm³/mol. The lowest BCUT2D eigenvalue weighted by Crippen LogP contribution is -2.34. The zero-order valence-electron chi connectivity index (χ0n) is 7.69. The highest BCUT2D eigenvalue weighted by Gasteiger charge is 2.26. The summed E-state index contributed by atoms with van der Waals surface area (Å²) in [5.41, 5.74) is 0. The van der Waals surface area contributed by atoms with E-state index in [0.29, 0.717) is 0 Å². The van der Waals surface area contributed by atoms with Crippen molar-refractivity contribution in [3.05, 3.63) is 0 Å². The fourth-order valence-corrected chi connectivity index (χ4v) is 1.33. The summed E-state index contributed by atoms with van der Waals surface area (Å²) in [6, 6.07) is 0.744. The van der Waals surface area contributed by atoms with Crippen molar-refractivity contribution >= 4 is 0 Å². The van der Waals surface area contributed by atoms with Gasteiger partial charge in [0.2, 0.25) is 0 Å². The largest absolute Gasteiger partial charge is 0.316 e. The molecular weight excluding hydrogens is 136 g/mol. The van der Waals surface area contributed by atoms with Crippen LogP contribution >= 0.6 is 0 Å². The summed E-state index contributed by atoms with van der Waals surface area (Å²) < 4.78 is 0. The third-order valence-corrected chi connectivity index (χ3v) is 2.35. The van der Waals surface area contributed by atoms with Gasteiger partial charge in [-0.25, -0.2) is 0 Å². The summed E-state index contributed by atoms with van der Waals surface area (Å²) in [6.45, 7) is 7.74. The molecule has 2 nitrogen and oxygen atoms in total. The van der Waals surface area contributed by atoms with Crippen molar-refractivity contribution in [3.63, 3.8) is 0 Å². The van der Waals surface area contributed by atoms with Gasteiger partial charge in [0.25, 0.3) is 0 Å². The molecule has 0 amide bonds. The van der Waals surface area contributed by atoms with Gasteiger partial charge in [0.15, 0.2) is 0 Å². The highest BCUT2D eigenvalue weighted by molar-refractivity contribution is 4.83. The zero-order valence-corrected chi connectivity index (χ0v) is 7.69. The van der Waals surface area contributed by atoms with Crippen molar-refractivity contribution in [3.8, 4) is 0 Å². The first-order valence-electron chi connectivity index (χ1n) is 4.78. The van der Waals surface area contributed by atoms with Gasteiger partial charge < -0.3 is 10.6 Å². The Morgan fingerprint density at radius 1 is 1.36 bits per heavy atom. The van der Waals surface area contributed by atoms with Gasteiger partial charge in [0, 0.05) is 19.1 Å². The molecule has 0 aromatic heterocycles. The molecule has 2 heteroatoms. The van der Waals surface area contributed by atoms with Crippen LogP contribution in [0.2, 0.25) is 0 Å². The lowest BCUT2D eigenvalue weighted by atomic mass is 10.2. The topological polar surface area (TPSA) is 24.1 Å². The van der Waals surface area contributed by atoms with Gasteiger partial charge in [-0.1, -0.05) is 6.92 Å². The minimum absolute atomic E-state index is 0.744. The SMILES string of the molecule is CCNCCNC(C)C1CC1. The van der Waals surface area contributed by atoms with Crippen molar-refractivity contribution < 1.29 is 0 Å². The van der Waals surface area contributed by atoms with Crippen molar-refractivity contribution in [2.45, 2.75) is 32.7 Å². The number of hydrogen-bond acceptors (Lipinski definition) is 2. The van der Waals surface area contributed by atoms with Gasteiger partial charge in [-0.05, 0) is 32.2 Å². The van der Waals surface area contributed by atoms with E-state index in [2.05, 4.69) is 24.5 Å². The highest BCUT2D eigenvalue weighted by Crippen LogP contribution is 2.32. The van der Waals surface area contributed by atoms with E-state index in [1.807, 2.05) is 0 Å². The molecule has 0 aromatic rings. The quantitative estimate of drug-likeness (QED) is 0.560. The average molecular weight is 156 g/mol. The van der Waals surface area contributed by atoms with Crippen LogP contribution in [0.4, 0.5) is 0 Å². The molecule has 1 aliphatic rings. The van der Waals surface area contributed by atoms with E-state index in [1.165, 1.54) is 12.8 Å². The number of hydrogen-bond donors (Lipinski definition) is 2. The summed E-state index contributed by atoms with van der Waals surface area (Å²) in [6.07, 6.45) is 2.88. The van der Waals surface area contributed by atoms with Gasteiger partial charge in [-0.3, -0.25) is 0 Å².